The van der Waals surface area contributed by atoms with E-state index in [1.54, 1.807) is 0 Å². The fraction of sp³-hybridized carbons (Fsp3) is 0.542. The molecular weight excluding hydrogens is 376 g/mol. The zero-order valence-corrected chi connectivity index (χ0v) is 18.2. The maximum Gasteiger partial charge on any atom is 0.242 e. The second-order valence-electron chi connectivity index (χ2n) is 8.30. The van der Waals surface area contributed by atoms with Crippen molar-refractivity contribution >= 4 is 23.2 Å². The molecule has 6 nitrogen and oxygen atoms in total. The number of nitrogens with zero attached hydrogens (tertiary/aromatic N) is 1. The van der Waals surface area contributed by atoms with Gasteiger partial charge in [-0.2, -0.15) is 0 Å². The maximum absolute atomic E-state index is 12.4. The van der Waals surface area contributed by atoms with Gasteiger partial charge in [0.05, 0.1) is 12.2 Å². The molecule has 2 heterocycles. The number of carbonyl (C=O) groups excluding carboxylic acids is 2. The molecule has 2 aliphatic rings. The van der Waals surface area contributed by atoms with Crippen LogP contribution in [0.15, 0.2) is 35.3 Å². The van der Waals surface area contributed by atoms with Gasteiger partial charge in [0.1, 0.15) is 6.04 Å². The minimum Gasteiger partial charge on any atom is -0.354 e. The summed E-state index contributed by atoms with van der Waals surface area (Å²) in [5.41, 5.74) is 4.48. The van der Waals surface area contributed by atoms with E-state index in [9.17, 15) is 9.59 Å². The largest absolute Gasteiger partial charge is 0.354 e. The minimum atomic E-state index is -0.413. The van der Waals surface area contributed by atoms with Gasteiger partial charge in [0.15, 0.2) is 0 Å². The zero-order chi connectivity index (χ0) is 21.3. The molecule has 2 unspecified atom stereocenters. The first-order valence-corrected chi connectivity index (χ1v) is 11.2. The van der Waals surface area contributed by atoms with Gasteiger partial charge in [-0.15, -0.1) is 0 Å². The van der Waals surface area contributed by atoms with Gasteiger partial charge in [0.2, 0.25) is 11.8 Å². The molecule has 0 aromatic heterocycles. The molecule has 162 valence electrons. The molecule has 2 aliphatic heterocycles. The van der Waals surface area contributed by atoms with E-state index < -0.39 is 6.04 Å². The lowest BCUT2D eigenvalue weighted by molar-refractivity contribution is -0.129. The molecule has 0 aliphatic carbocycles. The highest BCUT2D eigenvalue weighted by Crippen LogP contribution is 2.24. The Morgan fingerprint density at radius 1 is 1.23 bits per heavy atom. The molecule has 0 bridgehead atoms. The highest BCUT2D eigenvalue weighted by atomic mass is 16.2. The molecule has 6 heteroatoms. The van der Waals surface area contributed by atoms with E-state index in [-0.39, 0.29) is 24.4 Å². The lowest BCUT2D eigenvalue weighted by Gasteiger charge is -2.25. The van der Waals surface area contributed by atoms with Gasteiger partial charge >= 0.3 is 0 Å². The fourth-order valence-corrected chi connectivity index (χ4v) is 3.89. The highest BCUT2D eigenvalue weighted by molar-refractivity contribution is 5.93. The second-order valence-corrected chi connectivity index (χ2v) is 8.30. The number of carbonyl (C=O) groups is 2. The monoisotopic (exact) mass is 410 g/mol. The molecule has 1 saturated heterocycles. The quantitative estimate of drug-likeness (QED) is 0.547. The molecule has 1 fully saturated rings. The van der Waals surface area contributed by atoms with Gasteiger partial charge in [0.25, 0.3) is 0 Å². The second kappa shape index (κ2) is 11.1. The molecular formula is C24H34N4O2. The Bertz CT molecular complexity index is 798. The third kappa shape index (κ3) is 6.52. The van der Waals surface area contributed by atoms with Crippen molar-refractivity contribution in [2.75, 3.05) is 13.1 Å². The Kier molecular flexibility index (Phi) is 8.20. The van der Waals surface area contributed by atoms with Gasteiger partial charge in [-0.05, 0) is 44.2 Å². The predicted octanol–water partition coefficient (Wildman–Crippen LogP) is 3.11. The van der Waals surface area contributed by atoms with E-state index in [4.69, 9.17) is 4.99 Å². The van der Waals surface area contributed by atoms with E-state index in [2.05, 4.69) is 60.1 Å². The highest BCUT2D eigenvalue weighted by Gasteiger charge is 2.24. The topological polar surface area (TPSA) is 82.6 Å². The van der Waals surface area contributed by atoms with Crippen LogP contribution in [-0.2, 0) is 9.59 Å². The summed E-state index contributed by atoms with van der Waals surface area (Å²) < 4.78 is 0. The fourth-order valence-electron chi connectivity index (χ4n) is 3.89. The lowest BCUT2D eigenvalue weighted by Crippen LogP contribution is -2.52. The van der Waals surface area contributed by atoms with Gasteiger partial charge in [0, 0.05) is 24.7 Å². The molecule has 0 spiro atoms. The summed E-state index contributed by atoms with van der Waals surface area (Å²) in [6.07, 6.45) is 9.05. The summed E-state index contributed by atoms with van der Waals surface area (Å²) in [5, 5.41) is 9.00. The summed E-state index contributed by atoms with van der Waals surface area (Å²) in [4.78, 5) is 29.2. The van der Waals surface area contributed by atoms with Crippen LogP contribution >= 0.6 is 0 Å². The number of aliphatic imine (C=N–C) groups is 1. The average molecular weight is 411 g/mol. The molecule has 2 atom stereocenters. The van der Waals surface area contributed by atoms with Crippen molar-refractivity contribution in [2.45, 2.75) is 70.9 Å². The van der Waals surface area contributed by atoms with Crippen molar-refractivity contribution in [1.29, 1.82) is 0 Å². The van der Waals surface area contributed by atoms with Crippen LogP contribution in [0.25, 0.3) is 5.70 Å². The van der Waals surface area contributed by atoms with Crippen LogP contribution in [0.5, 0.6) is 0 Å². The number of unbranched alkanes of at least 4 members (excludes halogenated alkanes) is 2. The molecule has 30 heavy (non-hydrogen) atoms. The summed E-state index contributed by atoms with van der Waals surface area (Å²) in [6, 6.07) is 8.05. The first kappa shape index (κ1) is 22.2. The van der Waals surface area contributed by atoms with Gasteiger partial charge < -0.3 is 16.0 Å². The van der Waals surface area contributed by atoms with Crippen molar-refractivity contribution in [1.82, 2.24) is 16.0 Å². The van der Waals surface area contributed by atoms with Crippen LogP contribution in [0.2, 0.25) is 0 Å². The zero-order valence-electron chi connectivity index (χ0n) is 18.2. The Morgan fingerprint density at radius 2 is 2.03 bits per heavy atom. The van der Waals surface area contributed by atoms with Gasteiger partial charge in [-0.3, -0.25) is 14.6 Å². The molecule has 0 saturated carbocycles. The standard InChI is InChI=1S/C24H34N4O2/c1-3-4-5-7-19-14-20(15-22(27-19)18-11-9-17(2)10-12-18)26-16-23(29)28-21-8-6-13-25-24(21)30/h9-12,15,20-21,26H,3-8,13-14,16H2,1-2H3,(H,25,30)(H,28,29). The number of benzene rings is 1. The van der Waals surface area contributed by atoms with Crippen LogP contribution in [0, 0.1) is 6.92 Å². The van der Waals surface area contributed by atoms with Crippen molar-refractivity contribution in [3.63, 3.8) is 0 Å². The number of nitrogens with one attached hydrogen (secondary N) is 3. The first-order valence-electron chi connectivity index (χ1n) is 11.2. The van der Waals surface area contributed by atoms with Crippen molar-refractivity contribution in [2.24, 2.45) is 4.99 Å². The summed E-state index contributed by atoms with van der Waals surface area (Å²) in [5.74, 6) is -0.225. The molecule has 3 rings (SSSR count). The number of rotatable bonds is 9. The van der Waals surface area contributed by atoms with Crippen molar-refractivity contribution in [3.8, 4) is 0 Å². The number of aryl methyl sites for hydroxylation is 1. The number of hydrogen-bond acceptors (Lipinski definition) is 4. The van der Waals surface area contributed by atoms with E-state index in [0.717, 1.165) is 36.9 Å². The number of hydrogen-bond donors (Lipinski definition) is 3. The summed E-state index contributed by atoms with van der Waals surface area (Å²) in [7, 11) is 0. The smallest absolute Gasteiger partial charge is 0.242 e. The van der Waals surface area contributed by atoms with Crippen LogP contribution in [0.4, 0.5) is 0 Å². The Labute approximate surface area is 179 Å². The van der Waals surface area contributed by atoms with Crippen molar-refractivity contribution < 1.29 is 9.59 Å². The molecule has 0 radical (unpaired) electrons. The van der Waals surface area contributed by atoms with Crippen LogP contribution in [-0.4, -0.2) is 42.7 Å². The van der Waals surface area contributed by atoms with Crippen LogP contribution < -0.4 is 16.0 Å². The molecule has 1 aromatic carbocycles. The van der Waals surface area contributed by atoms with E-state index in [1.807, 2.05) is 0 Å². The Hall–Kier alpha value is -2.47. The normalized spacial score (nSPS) is 21.5. The SMILES string of the molecule is CCCCCC1=NC(c2ccc(C)cc2)=CC(NCC(=O)NC2CCCNC2=O)C1. The third-order valence-electron chi connectivity index (χ3n) is 5.65. The maximum atomic E-state index is 12.4. The van der Waals surface area contributed by atoms with E-state index in [0.29, 0.717) is 13.0 Å². The molecule has 3 N–H and O–H groups in total. The third-order valence-corrected chi connectivity index (χ3v) is 5.65. The summed E-state index contributed by atoms with van der Waals surface area (Å²) >= 11 is 0. The van der Waals surface area contributed by atoms with Gasteiger partial charge in [-0.25, -0.2) is 0 Å². The van der Waals surface area contributed by atoms with E-state index in [1.165, 1.54) is 24.1 Å². The first-order chi connectivity index (χ1) is 14.5. The van der Waals surface area contributed by atoms with Crippen LogP contribution in [0.3, 0.4) is 0 Å². The predicted molar refractivity (Wildman–Crippen MR) is 121 cm³/mol. The van der Waals surface area contributed by atoms with E-state index >= 15 is 0 Å². The summed E-state index contributed by atoms with van der Waals surface area (Å²) in [6.45, 7) is 5.16. The average Bonchev–Trinajstić information content (AvgIpc) is 2.74. The van der Waals surface area contributed by atoms with Crippen LogP contribution in [0.1, 0.15) is 63.0 Å². The Balaban J connectivity index is 1.62. The number of amides is 2. The number of piperidine rings is 1. The lowest BCUT2D eigenvalue weighted by atomic mass is 9.97. The van der Waals surface area contributed by atoms with Gasteiger partial charge in [-0.1, -0.05) is 49.6 Å². The van der Waals surface area contributed by atoms with Crippen molar-refractivity contribution in [3.05, 3.63) is 41.5 Å². The molecule has 1 aromatic rings. The minimum absolute atomic E-state index is 0.0568. The molecule has 2 amide bonds. The Morgan fingerprint density at radius 3 is 2.77 bits per heavy atom.